The summed E-state index contributed by atoms with van der Waals surface area (Å²) in [5, 5.41) is 4.81. The minimum absolute atomic E-state index is 0.0138. The molecule has 0 aliphatic heterocycles. The number of para-hydroxylation sites is 1. The van der Waals surface area contributed by atoms with E-state index in [2.05, 4.69) is 36.4 Å². The standard InChI is InChI=1S/C47H29N3O/c1-3-14-30(15-4-1)45-48-46(31-16-5-2-6-17-31)50-47(49-45)40-29-28-37(34-20-9-10-21-35(34)40)36-26-27-38(33-19-8-7-18-32(33)36)39-23-13-25-43-44(39)41-22-11-12-24-42(41)51-43/h1-29H/i11D,12D,23D,24D,25D. The molecule has 2 aromatic heterocycles. The van der Waals surface area contributed by atoms with Crippen LogP contribution in [0.25, 0.3) is 99.9 Å². The Morgan fingerprint density at radius 2 is 0.843 bits per heavy atom. The first-order chi connectivity index (χ1) is 27.4. The van der Waals surface area contributed by atoms with Crippen LogP contribution < -0.4 is 0 Å². The maximum atomic E-state index is 9.13. The molecular formula is C47H29N3O. The van der Waals surface area contributed by atoms with Crippen molar-refractivity contribution in [2.45, 2.75) is 0 Å². The highest BCUT2D eigenvalue weighted by Crippen LogP contribution is 2.43. The molecule has 2 heterocycles. The zero-order valence-corrected chi connectivity index (χ0v) is 27.1. The van der Waals surface area contributed by atoms with Gasteiger partial charge in [-0.25, -0.2) is 15.0 Å². The number of hydrogen-bond acceptors (Lipinski definition) is 4. The van der Waals surface area contributed by atoms with Crippen molar-refractivity contribution in [3.05, 3.63) is 176 Å². The van der Waals surface area contributed by atoms with Crippen molar-refractivity contribution < 1.29 is 11.3 Å². The number of hydrogen-bond donors (Lipinski definition) is 0. The van der Waals surface area contributed by atoms with Crippen molar-refractivity contribution in [1.82, 2.24) is 15.0 Å². The molecule has 0 radical (unpaired) electrons. The van der Waals surface area contributed by atoms with Gasteiger partial charge in [0.2, 0.25) is 0 Å². The Kier molecular flexibility index (Phi) is 5.66. The number of aromatic nitrogens is 3. The second kappa shape index (κ2) is 11.9. The molecule has 0 fully saturated rings. The Labute approximate surface area is 301 Å². The molecule has 0 saturated heterocycles. The molecule has 0 aliphatic rings. The third-order valence-electron chi connectivity index (χ3n) is 9.43. The van der Waals surface area contributed by atoms with Gasteiger partial charge in [0.1, 0.15) is 11.2 Å². The van der Waals surface area contributed by atoms with Gasteiger partial charge in [-0.05, 0) is 61.9 Å². The fourth-order valence-electron chi connectivity index (χ4n) is 7.09. The van der Waals surface area contributed by atoms with E-state index < -0.39 is 0 Å². The van der Waals surface area contributed by atoms with Gasteiger partial charge in [-0.1, -0.05) is 158 Å². The molecule has 0 spiro atoms. The fraction of sp³-hybridized carbons (Fsp3) is 0. The first-order valence-electron chi connectivity index (χ1n) is 19.2. The van der Waals surface area contributed by atoms with Gasteiger partial charge in [0.05, 0.1) is 6.85 Å². The summed E-state index contributed by atoms with van der Waals surface area (Å²) in [4.78, 5) is 14.9. The van der Waals surface area contributed by atoms with Gasteiger partial charge in [-0.3, -0.25) is 0 Å². The zero-order valence-electron chi connectivity index (χ0n) is 32.1. The second-order valence-electron chi connectivity index (χ2n) is 12.3. The Morgan fingerprint density at radius 3 is 1.43 bits per heavy atom. The molecule has 0 amide bonds. The van der Waals surface area contributed by atoms with Crippen LogP contribution in [0.1, 0.15) is 6.85 Å². The van der Waals surface area contributed by atoms with Crippen molar-refractivity contribution in [1.29, 1.82) is 0 Å². The minimum atomic E-state index is -0.243. The lowest BCUT2D eigenvalue weighted by molar-refractivity contribution is 0.669. The molecule has 51 heavy (non-hydrogen) atoms. The SMILES string of the molecule is [2H]c1cc2c(oc3c([2H])cc([2H])c(-c4ccc(-c5ccc(-c6nc(-c7ccccc7)nc(-c7ccccc7)n6)c6ccccc56)c5ccccc45)c32)c([2H])c1[2H]. The topological polar surface area (TPSA) is 51.8 Å². The Bertz CT molecular complexity index is 3150. The van der Waals surface area contributed by atoms with Gasteiger partial charge in [-0.2, -0.15) is 0 Å². The highest BCUT2D eigenvalue weighted by molar-refractivity contribution is 6.17. The summed E-state index contributed by atoms with van der Waals surface area (Å²) in [6, 6.07) is 47.0. The van der Waals surface area contributed by atoms with Gasteiger partial charge in [-0.15, -0.1) is 0 Å². The molecule has 8 aromatic carbocycles. The largest absolute Gasteiger partial charge is 0.456 e. The van der Waals surface area contributed by atoms with Gasteiger partial charge in [0.15, 0.2) is 17.5 Å². The van der Waals surface area contributed by atoms with Crippen molar-refractivity contribution >= 4 is 43.5 Å². The second-order valence-corrected chi connectivity index (χ2v) is 12.3. The maximum absolute atomic E-state index is 9.13. The van der Waals surface area contributed by atoms with E-state index in [-0.39, 0.29) is 41.4 Å². The summed E-state index contributed by atoms with van der Waals surface area (Å²) in [6.45, 7) is 0. The predicted octanol–water partition coefficient (Wildman–Crippen LogP) is 12.4. The van der Waals surface area contributed by atoms with E-state index in [4.69, 9.17) is 26.2 Å². The van der Waals surface area contributed by atoms with Crippen LogP contribution in [0.4, 0.5) is 0 Å². The summed E-state index contributed by atoms with van der Waals surface area (Å²) in [5.41, 5.74) is 6.37. The fourth-order valence-corrected chi connectivity index (χ4v) is 7.09. The van der Waals surface area contributed by atoms with Crippen LogP contribution in [0.5, 0.6) is 0 Å². The molecule has 0 N–H and O–H groups in total. The van der Waals surface area contributed by atoms with E-state index in [0.29, 0.717) is 33.8 Å². The molecule has 0 aliphatic carbocycles. The third kappa shape index (κ3) is 4.88. The summed E-state index contributed by atoms with van der Waals surface area (Å²) in [7, 11) is 0. The number of nitrogens with zero attached hydrogens (tertiary/aromatic N) is 3. The van der Waals surface area contributed by atoms with E-state index in [1.807, 2.05) is 97.1 Å². The van der Waals surface area contributed by atoms with E-state index >= 15 is 0 Å². The monoisotopic (exact) mass is 656 g/mol. The smallest absolute Gasteiger partial charge is 0.164 e. The van der Waals surface area contributed by atoms with Crippen molar-refractivity contribution in [3.8, 4) is 56.4 Å². The summed E-state index contributed by atoms with van der Waals surface area (Å²) < 4.78 is 49.0. The highest BCUT2D eigenvalue weighted by Gasteiger charge is 2.19. The average molecular weight is 657 g/mol. The van der Waals surface area contributed by atoms with Crippen LogP contribution in [0.3, 0.4) is 0 Å². The van der Waals surface area contributed by atoms with E-state index in [9.17, 15) is 0 Å². The lowest BCUT2D eigenvalue weighted by atomic mass is 9.88. The van der Waals surface area contributed by atoms with Crippen molar-refractivity contribution in [2.24, 2.45) is 0 Å². The first kappa shape index (κ1) is 24.3. The van der Waals surface area contributed by atoms with E-state index in [1.54, 1.807) is 0 Å². The number of rotatable bonds is 5. The quantitative estimate of drug-likeness (QED) is 0.185. The van der Waals surface area contributed by atoms with Gasteiger partial charge < -0.3 is 4.42 Å². The van der Waals surface area contributed by atoms with Crippen LogP contribution in [0, 0.1) is 0 Å². The average Bonchev–Trinajstić information content (AvgIpc) is 3.62. The number of fused-ring (bicyclic) bond motifs is 5. The molecule has 10 rings (SSSR count). The normalized spacial score (nSPS) is 12.9. The minimum Gasteiger partial charge on any atom is -0.456 e. The summed E-state index contributed by atoms with van der Waals surface area (Å²) >= 11 is 0. The molecule has 10 aromatic rings. The van der Waals surface area contributed by atoms with Crippen molar-refractivity contribution in [2.75, 3.05) is 0 Å². The van der Waals surface area contributed by atoms with Crippen LogP contribution in [0.15, 0.2) is 180 Å². The van der Waals surface area contributed by atoms with Gasteiger partial charge in [0, 0.05) is 27.5 Å². The van der Waals surface area contributed by atoms with Crippen molar-refractivity contribution in [3.63, 3.8) is 0 Å². The molecule has 4 heteroatoms. The Hall–Kier alpha value is -6.91. The molecule has 0 saturated carbocycles. The lowest BCUT2D eigenvalue weighted by Gasteiger charge is -2.16. The molecule has 0 unspecified atom stereocenters. The maximum Gasteiger partial charge on any atom is 0.164 e. The number of benzene rings is 8. The van der Waals surface area contributed by atoms with Gasteiger partial charge in [0.25, 0.3) is 0 Å². The lowest BCUT2D eigenvalue weighted by Crippen LogP contribution is -2.00. The molecule has 4 nitrogen and oxygen atoms in total. The predicted molar refractivity (Wildman–Crippen MR) is 209 cm³/mol. The Balaban J connectivity index is 1.18. The highest BCUT2D eigenvalue weighted by atomic mass is 16.3. The first-order valence-corrected chi connectivity index (χ1v) is 16.7. The van der Waals surface area contributed by atoms with E-state index in [1.165, 1.54) is 12.1 Å². The zero-order chi connectivity index (χ0) is 38.1. The molecule has 0 atom stereocenters. The Morgan fingerprint density at radius 1 is 0.353 bits per heavy atom. The summed E-state index contributed by atoms with van der Waals surface area (Å²) in [5.74, 6) is 1.75. The van der Waals surface area contributed by atoms with Crippen LogP contribution in [0.2, 0.25) is 0 Å². The van der Waals surface area contributed by atoms with E-state index in [0.717, 1.165) is 54.9 Å². The molecule has 0 bridgehead atoms. The molecule has 238 valence electrons. The van der Waals surface area contributed by atoms with Crippen LogP contribution >= 0.6 is 0 Å². The molecular weight excluding hydrogens is 623 g/mol. The van der Waals surface area contributed by atoms with Crippen LogP contribution in [-0.2, 0) is 0 Å². The van der Waals surface area contributed by atoms with Crippen LogP contribution in [-0.4, -0.2) is 15.0 Å². The summed E-state index contributed by atoms with van der Waals surface area (Å²) in [6.07, 6.45) is 0. The number of furan rings is 1. The third-order valence-corrected chi connectivity index (χ3v) is 9.43. The van der Waals surface area contributed by atoms with Gasteiger partial charge >= 0.3 is 0 Å².